The highest BCUT2D eigenvalue weighted by molar-refractivity contribution is 9.70. The normalized spacial score (nSPS) is 12.4. The van der Waals surface area contributed by atoms with Crippen LogP contribution in [0.2, 0.25) is 0 Å². The van der Waals surface area contributed by atoms with Crippen molar-refractivity contribution in [1.29, 1.82) is 0 Å². The van der Waals surface area contributed by atoms with Crippen molar-refractivity contribution in [2.75, 3.05) is 0 Å². The molecule has 2 nitrogen and oxygen atoms in total. The molecule has 0 aliphatic rings. The molecular formula is C4H9Br2O2PSi. The second kappa shape index (κ2) is 4.88. The second-order valence-corrected chi connectivity index (χ2v) is 13.1. The van der Waals surface area contributed by atoms with Crippen molar-refractivity contribution in [3.63, 3.8) is 0 Å². The Bertz CT molecular complexity index is 172. The van der Waals surface area contributed by atoms with Crippen LogP contribution in [-0.2, 0) is 8.78 Å². The summed E-state index contributed by atoms with van der Waals surface area (Å²) in [6.07, 6.45) is 0. The van der Waals surface area contributed by atoms with Crippen molar-refractivity contribution in [3.8, 4) is 0 Å². The van der Waals surface area contributed by atoms with Crippen LogP contribution in [0.1, 0.15) is 13.8 Å². The van der Waals surface area contributed by atoms with E-state index in [0.717, 1.165) is 0 Å². The van der Waals surface area contributed by atoms with Crippen molar-refractivity contribution >= 4 is 45.5 Å². The molecule has 0 spiro atoms. The highest BCUT2D eigenvalue weighted by Gasteiger charge is 2.09. The summed E-state index contributed by atoms with van der Waals surface area (Å²) in [4.78, 5) is 0. The van der Waals surface area contributed by atoms with Gasteiger partial charge in [0.05, 0.1) is 0 Å². The van der Waals surface area contributed by atoms with E-state index in [1.165, 1.54) is 5.57 Å². The Labute approximate surface area is 79.3 Å². The van der Waals surface area contributed by atoms with Gasteiger partial charge in [0.1, 0.15) is 0 Å². The average molecular weight is 308 g/mol. The van der Waals surface area contributed by atoms with E-state index in [9.17, 15) is 4.57 Å². The fourth-order valence-corrected chi connectivity index (χ4v) is 3.74. The lowest BCUT2D eigenvalue weighted by Crippen LogP contribution is -1.86. The predicted molar refractivity (Wildman–Crippen MR) is 54.5 cm³/mol. The Morgan fingerprint density at radius 3 is 2.40 bits per heavy atom. The van der Waals surface area contributed by atoms with Crippen LogP contribution in [0.3, 0.4) is 0 Å². The van der Waals surface area contributed by atoms with Crippen molar-refractivity contribution in [1.82, 2.24) is 0 Å². The molecule has 0 aromatic carbocycles. The molecule has 0 amide bonds. The minimum absolute atomic E-state index is 0.759. The Balaban J connectivity index is 3.58. The molecule has 0 aromatic rings. The van der Waals surface area contributed by atoms with Crippen LogP contribution >= 0.6 is 35.8 Å². The van der Waals surface area contributed by atoms with Crippen LogP contribution in [0.15, 0.2) is 11.3 Å². The summed E-state index contributed by atoms with van der Waals surface area (Å²) in [5.74, 6) is 0. The molecule has 0 aliphatic heterocycles. The van der Waals surface area contributed by atoms with Crippen LogP contribution in [0.5, 0.6) is 0 Å². The lowest BCUT2D eigenvalue weighted by Gasteiger charge is -2.00. The van der Waals surface area contributed by atoms with Crippen molar-refractivity contribution < 1.29 is 8.78 Å². The highest BCUT2D eigenvalue weighted by Crippen LogP contribution is 2.62. The molecule has 0 rings (SSSR count). The first-order valence-corrected chi connectivity index (χ1v) is 9.74. The third-order valence-electron chi connectivity index (χ3n) is 0.716. The Kier molecular flexibility index (Phi) is 5.42. The summed E-state index contributed by atoms with van der Waals surface area (Å²) in [6, 6.07) is 0. The summed E-state index contributed by atoms with van der Waals surface area (Å²) >= 11 is 5.77. The third kappa shape index (κ3) is 9.11. The second-order valence-electron chi connectivity index (χ2n) is 1.99. The zero-order valence-electron chi connectivity index (χ0n) is 5.80. The van der Waals surface area contributed by atoms with Crippen LogP contribution in [-0.4, -0.2) is 9.76 Å². The van der Waals surface area contributed by atoms with Gasteiger partial charge in [0.15, 0.2) is 9.76 Å². The topological polar surface area (TPSA) is 26.3 Å². The number of allylic oxidation sites excluding steroid dienone is 1. The van der Waals surface area contributed by atoms with Gasteiger partial charge in [0.25, 0.3) is 0 Å². The largest absolute Gasteiger partial charge is 0.358 e. The van der Waals surface area contributed by atoms with E-state index in [1.54, 1.807) is 0 Å². The lowest BCUT2D eigenvalue weighted by atomic mass is 10.4. The summed E-state index contributed by atoms with van der Waals surface area (Å²) in [5, 5.41) is 0. The van der Waals surface area contributed by atoms with Crippen molar-refractivity contribution in [2.24, 2.45) is 0 Å². The van der Waals surface area contributed by atoms with Crippen molar-refractivity contribution in [3.05, 3.63) is 11.3 Å². The van der Waals surface area contributed by atoms with E-state index >= 15 is 0 Å². The smallest absolute Gasteiger partial charge is 0.318 e. The average Bonchev–Trinajstić information content (AvgIpc) is 1.59. The predicted octanol–water partition coefficient (Wildman–Crippen LogP) is 2.91. The van der Waals surface area contributed by atoms with Gasteiger partial charge in [-0.15, -0.1) is 0 Å². The summed E-state index contributed by atoms with van der Waals surface area (Å²) in [7, 11) is -0.759. The molecule has 0 heterocycles. The zero-order valence-corrected chi connectivity index (χ0v) is 11.3. The first-order chi connectivity index (χ1) is 4.42. The van der Waals surface area contributed by atoms with Crippen LogP contribution < -0.4 is 0 Å². The molecule has 0 N–H and O–H groups in total. The zero-order chi connectivity index (χ0) is 8.20. The van der Waals surface area contributed by atoms with E-state index in [4.69, 9.17) is 4.21 Å². The maximum Gasteiger partial charge on any atom is 0.318 e. The number of rotatable bonds is 3. The van der Waals surface area contributed by atoms with Gasteiger partial charge >= 0.3 is 4.77 Å². The molecule has 0 aliphatic carbocycles. The van der Waals surface area contributed by atoms with Crippen LogP contribution in [0.4, 0.5) is 0 Å². The Morgan fingerprint density at radius 1 is 1.60 bits per heavy atom. The monoisotopic (exact) mass is 306 g/mol. The molecule has 0 fully saturated rings. The van der Waals surface area contributed by atoms with Crippen LogP contribution in [0.25, 0.3) is 0 Å². The quantitative estimate of drug-likeness (QED) is 0.592. The van der Waals surface area contributed by atoms with Gasteiger partial charge in [-0.3, -0.25) is 4.57 Å². The van der Waals surface area contributed by atoms with E-state index in [0.29, 0.717) is 0 Å². The van der Waals surface area contributed by atoms with Crippen molar-refractivity contribution in [2.45, 2.75) is 13.8 Å². The first-order valence-electron chi connectivity index (χ1n) is 2.69. The maximum absolute atomic E-state index is 10.8. The fourth-order valence-electron chi connectivity index (χ4n) is 0.291. The van der Waals surface area contributed by atoms with Gasteiger partial charge in [0.2, 0.25) is 0 Å². The lowest BCUT2D eigenvalue weighted by molar-refractivity contribution is 0.534. The van der Waals surface area contributed by atoms with E-state index in [-0.39, 0.29) is 0 Å². The van der Waals surface area contributed by atoms with E-state index < -0.39 is 14.5 Å². The van der Waals surface area contributed by atoms with Gasteiger partial charge in [-0.2, -0.15) is 0 Å². The molecule has 0 bridgehead atoms. The molecule has 0 aromatic heterocycles. The Morgan fingerprint density at radius 2 is 2.10 bits per heavy atom. The van der Waals surface area contributed by atoms with Gasteiger partial charge < -0.3 is 4.21 Å². The number of hydrogen-bond acceptors (Lipinski definition) is 2. The molecular weight excluding hydrogens is 299 g/mol. The van der Waals surface area contributed by atoms with E-state index in [1.807, 2.05) is 19.5 Å². The molecule has 0 unspecified atom stereocenters. The van der Waals surface area contributed by atoms with Gasteiger partial charge in [0, 0.05) is 31.0 Å². The summed E-state index contributed by atoms with van der Waals surface area (Å²) in [5.41, 5.74) is 3.20. The maximum atomic E-state index is 10.8. The minimum atomic E-state index is -2.58. The highest BCUT2D eigenvalue weighted by atomic mass is 79.9. The standard InChI is InChI=1S/C4H9Br2O2PSi/c1-4(2)3-10-8-9(5,6)7/h3H,10H2,1-2H3. The molecule has 0 saturated heterocycles. The molecule has 60 valence electrons. The van der Waals surface area contributed by atoms with E-state index in [2.05, 4.69) is 31.0 Å². The SMILES string of the molecule is CC(C)=C[SiH2]OP(=O)(Br)Br. The summed E-state index contributed by atoms with van der Waals surface area (Å²) < 4.78 is 13.2. The van der Waals surface area contributed by atoms with Gasteiger partial charge in [-0.1, -0.05) is 11.3 Å². The fraction of sp³-hybridized carbons (Fsp3) is 0.500. The minimum Gasteiger partial charge on any atom is -0.358 e. The third-order valence-corrected chi connectivity index (χ3v) is 7.18. The Hall–Kier alpha value is 1.11. The first kappa shape index (κ1) is 11.1. The molecule has 0 radical (unpaired) electrons. The number of halogens is 2. The van der Waals surface area contributed by atoms with Gasteiger partial charge in [-0.25, -0.2) is 0 Å². The summed E-state index contributed by atoms with van der Waals surface area (Å²) in [6.45, 7) is 3.98. The molecule has 0 atom stereocenters. The van der Waals surface area contributed by atoms with Gasteiger partial charge in [-0.05, 0) is 13.8 Å². The molecule has 0 saturated carbocycles. The number of hydrogen-bond donors (Lipinski definition) is 0. The van der Waals surface area contributed by atoms with Crippen LogP contribution in [0, 0.1) is 0 Å². The molecule has 6 heteroatoms. The molecule has 10 heavy (non-hydrogen) atoms.